The highest BCUT2D eigenvalue weighted by molar-refractivity contribution is 9.10. The molecule has 1 amide bonds. The van der Waals surface area contributed by atoms with Crippen molar-refractivity contribution in [2.45, 2.75) is 39.7 Å². The average Bonchev–Trinajstić information content (AvgIpc) is 2.27. The van der Waals surface area contributed by atoms with Gasteiger partial charge in [-0.05, 0) is 53.7 Å². The molecule has 1 aromatic rings. The summed E-state index contributed by atoms with van der Waals surface area (Å²) in [5, 5.41) is 2.98. The van der Waals surface area contributed by atoms with Gasteiger partial charge in [0.15, 0.2) is 0 Å². The molecule has 94 valence electrons. The lowest BCUT2D eigenvalue weighted by molar-refractivity contribution is 0.0937. The summed E-state index contributed by atoms with van der Waals surface area (Å²) in [5.74, 6) is 0.616. The van der Waals surface area contributed by atoms with Crippen molar-refractivity contribution in [1.82, 2.24) is 10.3 Å². The fourth-order valence-corrected chi connectivity index (χ4v) is 1.71. The Hall–Kier alpha value is -0.900. The van der Waals surface area contributed by atoms with Crippen molar-refractivity contribution in [2.75, 3.05) is 0 Å². The third-order valence-corrected chi connectivity index (χ3v) is 3.01. The van der Waals surface area contributed by atoms with Crippen molar-refractivity contribution < 1.29 is 4.79 Å². The predicted octanol–water partition coefficient (Wildman–Crippen LogP) is 3.40. The van der Waals surface area contributed by atoms with Crippen LogP contribution in [0.15, 0.2) is 22.9 Å². The lowest BCUT2D eigenvalue weighted by atomic mass is 10.0. The summed E-state index contributed by atoms with van der Waals surface area (Å²) in [4.78, 5) is 15.9. The molecule has 1 atom stereocenters. The maximum atomic E-state index is 11.8. The van der Waals surface area contributed by atoms with E-state index in [0.29, 0.717) is 11.5 Å². The number of aromatic nitrogens is 1. The quantitative estimate of drug-likeness (QED) is 0.847. The largest absolute Gasteiger partial charge is 0.350 e. The zero-order valence-electron chi connectivity index (χ0n) is 10.5. The van der Waals surface area contributed by atoms with Gasteiger partial charge in [-0.15, -0.1) is 0 Å². The molecule has 0 aliphatic carbocycles. The van der Waals surface area contributed by atoms with Gasteiger partial charge in [0.25, 0.3) is 5.91 Å². The van der Waals surface area contributed by atoms with E-state index >= 15 is 0 Å². The first-order valence-corrected chi connectivity index (χ1v) is 6.70. The Morgan fingerprint density at radius 2 is 2.06 bits per heavy atom. The molecule has 1 heterocycles. The number of hydrogen-bond donors (Lipinski definition) is 1. The molecule has 1 N–H and O–H groups in total. The van der Waals surface area contributed by atoms with Gasteiger partial charge in [0.1, 0.15) is 4.60 Å². The van der Waals surface area contributed by atoms with E-state index in [0.717, 1.165) is 17.4 Å². The van der Waals surface area contributed by atoms with Gasteiger partial charge in [-0.25, -0.2) is 4.98 Å². The van der Waals surface area contributed by atoms with Crippen LogP contribution in [-0.4, -0.2) is 16.9 Å². The number of pyridine rings is 1. The Kier molecular flexibility index (Phi) is 5.62. The highest BCUT2D eigenvalue weighted by atomic mass is 79.9. The molecular weight excluding hydrogens is 280 g/mol. The van der Waals surface area contributed by atoms with Crippen LogP contribution in [0.5, 0.6) is 0 Å². The van der Waals surface area contributed by atoms with E-state index in [9.17, 15) is 4.79 Å². The molecule has 3 nitrogen and oxygen atoms in total. The van der Waals surface area contributed by atoms with Crippen molar-refractivity contribution in [3.63, 3.8) is 0 Å². The summed E-state index contributed by atoms with van der Waals surface area (Å²) >= 11 is 3.24. The summed E-state index contributed by atoms with van der Waals surface area (Å²) in [6, 6.07) is 3.74. The van der Waals surface area contributed by atoms with Gasteiger partial charge in [0.2, 0.25) is 0 Å². The minimum absolute atomic E-state index is 0.0544. The topological polar surface area (TPSA) is 42.0 Å². The standard InChI is InChI=1S/C13H19BrN2O/c1-9(2)4-5-10(3)16-13(17)11-6-7-12(14)15-8-11/h6-10H,4-5H2,1-3H3,(H,16,17). The molecule has 0 saturated heterocycles. The second-order valence-electron chi connectivity index (χ2n) is 4.72. The van der Waals surface area contributed by atoms with E-state index in [1.54, 1.807) is 18.3 Å². The van der Waals surface area contributed by atoms with Crippen molar-refractivity contribution in [1.29, 1.82) is 0 Å². The maximum absolute atomic E-state index is 11.8. The van der Waals surface area contributed by atoms with Crippen molar-refractivity contribution in [3.05, 3.63) is 28.5 Å². The third kappa shape index (κ3) is 5.31. The number of nitrogens with zero attached hydrogens (tertiary/aromatic N) is 1. The number of rotatable bonds is 5. The number of nitrogens with one attached hydrogen (secondary N) is 1. The molecular formula is C13H19BrN2O. The molecule has 1 unspecified atom stereocenters. The molecule has 1 rings (SSSR count). The van der Waals surface area contributed by atoms with Crippen LogP contribution in [0.1, 0.15) is 44.0 Å². The fourth-order valence-electron chi connectivity index (χ4n) is 1.47. The number of hydrogen-bond acceptors (Lipinski definition) is 2. The molecule has 1 aromatic heterocycles. The minimum Gasteiger partial charge on any atom is -0.350 e. The molecule has 0 aromatic carbocycles. The smallest absolute Gasteiger partial charge is 0.253 e. The Morgan fingerprint density at radius 1 is 1.35 bits per heavy atom. The van der Waals surface area contributed by atoms with Gasteiger partial charge in [0.05, 0.1) is 5.56 Å². The fraction of sp³-hybridized carbons (Fsp3) is 0.538. The van der Waals surface area contributed by atoms with Crippen molar-refractivity contribution in [3.8, 4) is 0 Å². The number of amides is 1. The van der Waals surface area contributed by atoms with Crippen LogP contribution < -0.4 is 5.32 Å². The Bertz CT molecular complexity index is 362. The second-order valence-corrected chi connectivity index (χ2v) is 5.53. The number of halogens is 1. The van der Waals surface area contributed by atoms with Crippen molar-refractivity contribution in [2.24, 2.45) is 5.92 Å². The molecule has 0 fully saturated rings. The lowest BCUT2D eigenvalue weighted by Gasteiger charge is -2.14. The molecule has 0 saturated carbocycles. The first-order valence-electron chi connectivity index (χ1n) is 5.91. The van der Waals surface area contributed by atoms with E-state index in [2.05, 4.69) is 40.1 Å². The van der Waals surface area contributed by atoms with Crippen molar-refractivity contribution >= 4 is 21.8 Å². The van der Waals surface area contributed by atoms with E-state index in [1.165, 1.54) is 0 Å². The van der Waals surface area contributed by atoms with Gasteiger partial charge in [-0.2, -0.15) is 0 Å². The lowest BCUT2D eigenvalue weighted by Crippen LogP contribution is -2.32. The normalized spacial score (nSPS) is 12.5. The van der Waals surface area contributed by atoms with Crippen LogP contribution in [0, 0.1) is 5.92 Å². The van der Waals surface area contributed by atoms with Crippen LogP contribution >= 0.6 is 15.9 Å². The van der Waals surface area contributed by atoms with Gasteiger partial charge in [-0.3, -0.25) is 4.79 Å². The molecule has 17 heavy (non-hydrogen) atoms. The SMILES string of the molecule is CC(C)CCC(C)NC(=O)c1ccc(Br)nc1. The van der Waals surface area contributed by atoms with Gasteiger partial charge >= 0.3 is 0 Å². The van der Waals surface area contributed by atoms with Crippen LogP contribution in [0.25, 0.3) is 0 Å². The van der Waals surface area contributed by atoms with Gasteiger partial charge < -0.3 is 5.32 Å². The van der Waals surface area contributed by atoms with Gasteiger partial charge in [-0.1, -0.05) is 13.8 Å². The molecule has 0 bridgehead atoms. The highest BCUT2D eigenvalue weighted by Gasteiger charge is 2.10. The molecule has 4 heteroatoms. The van der Waals surface area contributed by atoms with Crippen LogP contribution in [0.3, 0.4) is 0 Å². The molecule has 0 radical (unpaired) electrons. The molecule has 0 aliphatic rings. The Labute approximate surface area is 111 Å². The minimum atomic E-state index is -0.0544. The average molecular weight is 299 g/mol. The van der Waals surface area contributed by atoms with E-state index < -0.39 is 0 Å². The molecule has 0 aliphatic heterocycles. The summed E-state index contributed by atoms with van der Waals surface area (Å²) in [5.41, 5.74) is 0.601. The highest BCUT2D eigenvalue weighted by Crippen LogP contribution is 2.09. The Balaban J connectivity index is 2.46. The third-order valence-electron chi connectivity index (χ3n) is 2.54. The van der Waals surface area contributed by atoms with Gasteiger partial charge in [0, 0.05) is 12.2 Å². The second kappa shape index (κ2) is 6.74. The molecule has 0 spiro atoms. The summed E-state index contributed by atoms with van der Waals surface area (Å²) in [6.45, 7) is 6.41. The number of carbonyl (C=O) groups excluding carboxylic acids is 1. The number of carbonyl (C=O) groups is 1. The van der Waals surface area contributed by atoms with E-state index in [4.69, 9.17) is 0 Å². The van der Waals surface area contributed by atoms with Crippen LogP contribution in [0.4, 0.5) is 0 Å². The zero-order valence-corrected chi connectivity index (χ0v) is 12.1. The first kappa shape index (κ1) is 14.2. The van der Waals surface area contributed by atoms with Crippen LogP contribution in [0.2, 0.25) is 0 Å². The summed E-state index contributed by atoms with van der Waals surface area (Å²) in [7, 11) is 0. The predicted molar refractivity (Wildman–Crippen MR) is 72.9 cm³/mol. The summed E-state index contributed by atoms with van der Waals surface area (Å²) < 4.78 is 0.738. The van der Waals surface area contributed by atoms with E-state index in [1.807, 2.05) is 6.92 Å². The summed E-state index contributed by atoms with van der Waals surface area (Å²) in [6.07, 6.45) is 3.71. The van der Waals surface area contributed by atoms with E-state index in [-0.39, 0.29) is 11.9 Å². The Morgan fingerprint density at radius 3 is 2.59 bits per heavy atom. The maximum Gasteiger partial charge on any atom is 0.253 e. The monoisotopic (exact) mass is 298 g/mol. The van der Waals surface area contributed by atoms with Crippen LogP contribution in [-0.2, 0) is 0 Å². The first-order chi connectivity index (χ1) is 7.99. The zero-order chi connectivity index (χ0) is 12.8.